The molecule has 1 fully saturated rings. The second kappa shape index (κ2) is 7.69. The summed E-state index contributed by atoms with van der Waals surface area (Å²) in [6.07, 6.45) is 8.05. The zero-order valence-corrected chi connectivity index (χ0v) is 14.1. The monoisotopic (exact) mass is 350 g/mol. The zero-order valence-electron chi connectivity index (χ0n) is 14.1. The molecule has 0 aromatic carbocycles. The smallest absolute Gasteiger partial charge is 0.431 e. The van der Waals surface area contributed by atoms with E-state index in [0.29, 0.717) is 5.56 Å². The first-order valence-corrected chi connectivity index (χ1v) is 8.52. The van der Waals surface area contributed by atoms with Gasteiger partial charge >= 0.3 is 11.8 Å². The molecule has 0 spiro atoms. The van der Waals surface area contributed by atoms with Crippen LogP contribution in [0.1, 0.15) is 43.9 Å². The molecule has 3 rings (SSSR count). The number of rotatable bonds is 4. The van der Waals surface area contributed by atoms with Crippen LogP contribution in [0.5, 0.6) is 0 Å². The van der Waals surface area contributed by atoms with Crippen molar-refractivity contribution in [3.8, 4) is 0 Å². The van der Waals surface area contributed by atoms with E-state index < -0.39 is 29.7 Å². The fraction of sp³-hybridized carbons (Fsp3) is 0.588. The minimum atomic E-state index is -0.690. The van der Waals surface area contributed by atoms with Gasteiger partial charge in [-0.25, -0.2) is 9.59 Å². The van der Waals surface area contributed by atoms with E-state index in [1.165, 1.54) is 17.2 Å². The molecule has 0 saturated heterocycles. The molecule has 25 heavy (non-hydrogen) atoms. The summed E-state index contributed by atoms with van der Waals surface area (Å²) in [7, 11) is 0. The van der Waals surface area contributed by atoms with Crippen LogP contribution in [-0.4, -0.2) is 34.5 Å². The summed E-state index contributed by atoms with van der Waals surface area (Å²) in [6.45, 7) is 1.62. The van der Waals surface area contributed by atoms with Gasteiger partial charge in [0.15, 0.2) is 6.23 Å². The van der Waals surface area contributed by atoms with Crippen LogP contribution in [0.3, 0.4) is 0 Å². The van der Waals surface area contributed by atoms with E-state index in [9.17, 15) is 14.4 Å². The normalized spacial score (nSPS) is 23.6. The highest BCUT2D eigenvalue weighted by Gasteiger charge is 2.24. The van der Waals surface area contributed by atoms with Gasteiger partial charge < -0.3 is 14.2 Å². The van der Waals surface area contributed by atoms with Crippen LogP contribution < -0.4 is 11.2 Å². The van der Waals surface area contributed by atoms with E-state index in [-0.39, 0.29) is 12.7 Å². The van der Waals surface area contributed by atoms with E-state index in [1.54, 1.807) is 19.1 Å². The molecule has 0 unspecified atom stereocenters. The fourth-order valence-electron chi connectivity index (χ4n) is 3.02. The number of H-pyrrole nitrogens is 1. The third-order valence-electron chi connectivity index (χ3n) is 4.41. The lowest BCUT2D eigenvalue weighted by Crippen LogP contribution is -2.33. The van der Waals surface area contributed by atoms with Gasteiger partial charge in [0.25, 0.3) is 5.56 Å². The number of nitrogens with zero attached hydrogens (tertiary/aromatic N) is 1. The highest BCUT2D eigenvalue weighted by molar-refractivity contribution is 5.60. The molecule has 1 aromatic rings. The molecule has 2 atom stereocenters. The summed E-state index contributed by atoms with van der Waals surface area (Å²) in [6, 6.07) is 0. The minimum absolute atomic E-state index is 0.00956. The Morgan fingerprint density at radius 3 is 2.80 bits per heavy atom. The third-order valence-corrected chi connectivity index (χ3v) is 4.41. The number of carbonyl (C=O) groups excluding carboxylic acids is 1. The molecule has 8 nitrogen and oxygen atoms in total. The van der Waals surface area contributed by atoms with Gasteiger partial charge in [-0.3, -0.25) is 14.3 Å². The first-order chi connectivity index (χ1) is 12.0. The number of aromatic amines is 1. The van der Waals surface area contributed by atoms with Crippen molar-refractivity contribution in [1.29, 1.82) is 0 Å². The van der Waals surface area contributed by atoms with E-state index in [2.05, 4.69) is 4.98 Å². The number of aryl methyl sites for hydroxylation is 1. The zero-order chi connectivity index (χ0) is 17.8. The Morgan fingerprint density at radius 1 is 1.28 bits per heavy atom. The van der Waals surface area contributed by atoms with Gasteiger partial charge in [0.05, 0.1) is 0 Å². The Bertz CT molecular complexity index is 759. The summed E-state index contributed by atoms with van der Waals surface area (Å²) >= 11 is 0. The highest BCUT2D eigenvalue weighted by atomic mass is 16.7. The fourth-order valence-corrected chi connectivity index (χ4v) is 3.02. The second-order valence-corrected chi connectivity index (χ2v) is 6.37. The number of hydrogen-bond acceptors (Lipinski definition) is 6. The second-order valence-electron chi connectivity index (χ2n) is 6.37. The average Bonchev–Trinajstić information content (AvgIpc) is 3.06. The lowest BCUT2D eigenvalue weighted by atomic mass is 9.98. The molecule has 1 N–H and O–H groups in total. The Labute approximate surface area is 144 Å². The van der Waals surface area contributed by atoms with Gasteiger partial charge in [-0.2, -0.15) is 0 Å². The van der Waals surface area contributed by atoms with Crippen molar-refractivity contribution >= 4 is 6.16 Å². The Morgan fingerprint density at radius 2 is 2.04 bits per heavy atom. The van der Waals surface area contributed by atoms with Crippen LogP contribution in [0.2, 0.25) is 0 Å². The first-order valence-electron chi connectivity index (χ1n) is 8.52. The van der Waals surface area contributed by atoms with Crippen LogP contribution in [-0.2, 0) is 14.2 Å². The lowest BCUT2D eigenvalue weighted by Gasteiger charge is -2.22. The van der Waals surface area contributed by atoms with Crippen molar-refractivity contribution in [2.45, 2.75) is 57.5 Å². The number of nitrogens with one attached hydrogen (secondary N) is 1. The molecule has 136 valence electrons. The first kappa shape index (κ1) is 17.5. The SMILES string of the molecule is Cc1cn([C@H]2C=C[C@@H](COC(=O)OC3CCCCC3)O2)c(=O)[nH]c1=O. The predicted molar refractivity (Wildman–Crippen MR) is 88.4 cm³/mol. The third kappa shape index (κ3) is 4.39. The van der Waals surface area contributed by atoms with Crippen molar-refractivity contribution in [3.05, 3.63) is 44.8 Å². The van der Waals surface area contributed by atoms with E-state index in [1.807, 2.05) is 0 Å². The van der Waals surface area contributed by atoms with Gasteiger partial charge in [-0.15, -0.1) is 0 Å². The minimum Gasteiger partial charge on any atom is -0.431 e. The van der Waals surface area contributed by atoms with Crippen molar-refractivity contribution in [2.24, 2.45) is 0 Å². The molecule has 2 heterocycles. The van der Waals surface area contributed by atoms with E-state index in [4.69, 9.17) is 14.2 Å². The van der Waals surface area contributed by atoms with Gasteiger partial charge in [0.2, 0.25) is 0 Å². The maximum absolute atomic E-state index is 11.9. The molecule has 1 aliphatic carbocycles. The van der Waals surface area contributed by atoms with Crippen molar-refractivity contribution in [3.63, 3.8) is 0 Å². The molecule has 1 saturated carbocycles. The summed E-state index contributed by atoms with van der Waals surface area (Å²) in [5.74, 6) is 0. The Balaban J connectivity index is 1.49. The molecule has 1 aliphatic heterocycles. The standard InChI is InChI=1S/C17H22N2O6/c1-11-9-19(16(21)18-15(11)20)14-8-7-13(24-14)10-23-17(22)25-12-5-3-2-4-6-12/h7-9,12-14H,2-6,10H2,1H3,(H,18,20,21)/t13-,14+/m0/s1. The lowest BCUT2D eigenvalue weighted by molar-refractivity contribution is -0.0393. The van der Waals surface area contributed by atoms with Crippen LogP contribution >= 0.6 is 0 Å². The number of carbonyl (C=O) groups is 1. The number of ether oxygens (including phenoxy) is 3. The molecule has 8 heteroatoms. The van der Waals surface area contributed by atoms with Crippen molar-refractivity contribution in [2.75, 3.05) is 6.61 Å². The van der Waals surface area contributed by atoms with E-state index >= 15 is 0 Å². The molecule has 0 radical (unpaired) electrons. The molecule has 1 aromatic heterocycles. The molecule has 0 bridgehead atoms. The average molecular weight is 350 g/mol. The van der Waals surface area contributed by atoms with Crippen LogP contribution in [0, 0.1) is 6.92 Å². The van der Waals surface area contributed by atoms with E-state index in [0.717, 1.165) is 25.7 Å². The topological polar surface area (TPSA) is 99.6 Å². The van der Waals surface area contributed by atoms with Crippen molar-refractivity contribution < 1.29 is 19.0 Å². The molecule has 2 aliphatic rings. The molecule has 0 amide bonds. The quantitative estimate of drug-likeness (QED) is 0.656. The number of aromatic nitrogens is 2. The molecular weight excluding hydrogens is 328 g/mol. The van der Waals surface area contributed by atoms with Gasteiger partial charge in [0.1, 0.15) is 18.8 Å². The van der Waals surface area contributed by atoms with Crippen LogP contribution in [0.4, 0.5) is 4.79 Å². The summed E-state index contributed by atoms with van der Waals surface area (Å²) < 4.78 is 17.3. The summed E-state index contributed by atoms with van der Waals surface area (Å²) in [5.41, 5.74) is -0.565. The Hall–Kier alpha value is -2.35. The van der Waals surface area contributed by atoms with Crippen molar-refractivity contribution in [1.82, 2.24) is 9.55 Å². The predicted octanol–water partition coefficient (Wildman–Crippen LogP) is 1.78. The van der Waals surface area contributed by atoms with Gasteiger partial charge in [0, 0.05) is 11.8 Å². The maximum atomic E-state index is 11.9. The summed E-state index contributed by atoms with van der Waals surface area (Å²) in [4.78, 5) is 37.2. The number of hydrogen-bond donors (Lipinski definition) is 1. The maximum Gasteiger partial charge on any atom is 0.508 e. The van der Waals surface area contributed by atoms with Gasteiger partial charge in [-0.05, 0) is 38.7 Å². The van der Waals surface area contributed by atoms with Gasteiger partial charge in [-0.1, -0.05) is 12.5 Å². The van der Waals surface area contributed by atoms with Crippen LogP contribution in [0.15, 0.2) is 27.9 Å². The summed E-state index contributed by atoms with van der Waals surface area (Å²) in [5, 5.41) is 0. The Kier molecular flexibility index (Phi) is 5.37. The van der Waals surface area contributed by atoms with Crippen LogP contribution in [0.25, 0.3) is 0 Å². The highest BCUT2D eigenvalue weighted by Crippen LogP contribution is 2.22. The molecular formula is C17H22N2O6. The largest absolute Gasteiger partial charge is 0.508 e.